The van der Waals surface area contributed by atoms with Crippen LogP contribution in [0.3, 0.4) is 0 Å². The molecule has 0 aliphatic heterocycles. The molecule has 92 valence electrons. The summed E-state index contributed by atoms with van der Waals surface area (Å²) >= 11 is 0. The van der Waals surface area contributed by atoms with Crippen LogP contribution in [0.1, 0.15) is 23.1 Å². The molecule has 1 aliphatic rings. The maximum Gasteiger partial charge on any atom is 0.0316 e. The summed E-state index contributed by atoms with van der Waals surface area (Å²) in [6.07, 6.45) is 4.86. The van der Waals surface area contributed by atoms with Crippen molar-refractivity contribution in [1.82, 2.24) is 0 Å². The third-order valence-corrected chi connectivity index (χ3v) is 3.93. The lowest BCUT2D eigenvalue weighted by Crippen LogP contribution is -2.16. The fraction of sp³-hybridized carbons (Fsp3) is 0.294. The highest BCUT2D eigenvalue weighted by molar-refractivity contribution is 5.45. The smallest absolute Gasteiger partial charge is 0.0316 e. The Labute approximate surface area is 109 Å². The van der Waals surface area contributed by atoms with Crippen LogP contribution in [-0.2, 0) is 19.3 Å². The minimum absolute atomic E-state index is 0.765. The highest BCUT2D eigenvalue weighted by Crippen LogP contribution is 2.29. The molecule has 0 bridgehead atoms. The molecule has 0 saturated heterocycles. The molecule has 0 radical (unpaired) electrons. The minimum Gasteiger partial charge on any atom is -0.399 e. The van der Waals surface area contributed by atoms with E-state index in [0.29, 0.717) is 0 Å². The van der Waals surface area contributed by atoms with Gasteiger partial charge in [-0.1, -0.05) is 36.4 Å². The van der Waals surface area contributed by atoms with Crippen molar-refractivity contribution in [2.45, 2.75) is 25.7 Å². The molecule has 2 aromatic carbocycles. The highest BCUT2D eigenvalue weighted by atomic mass is 14.5. The summed E-state index contributed by atoms with van der Waals surface area (Å²) in [5.41, 5.74) is 11.2. The van der Waals surface area contributed by atoms with Crippen molar-refractivity contribution in [2.24, 2.45) is 5.92 Å². The normalized spacial score (nSPS) is 18.3. The van der Waals surface area contributed by atoms with E-state index in [1.807, 2.05) is 6.07 Å². The molecule has 2 N–H and O–H groups in total. The first kappa shape index (κ1) is 11.3. The quantitative estimate of drug-likeness (QED) is 0.793. The molecule has 1 atom stereocenters. The summed E-state index contributed by atoms with van der Waals surface area (Å²) in [5.74, 6) is 0.765. The van der Waals surface area contributed by atoms with Crippen LogP contribution in [-0.4, -0.2) is 0 Å². The zero-order valence-corrected chi connectivity index (χ0v) is 10.6. The first-order chi connectivity index (χ1) is 8.81. The van der Waals surface area contributed by atoms with Gasteiger partial charge in [0.05, 0.1) is 0 Å². The maximum atomic E-state index is 5.88. The maximum absolute atomic E-state index is 5.88. The van der Waals surface area contributed by atoms with Gasteiger partial charge in [-0.2, -0.15) is 0 Å². The summed E-state index contributed by atoms with van der Waals surface area (Å²) < 4.78 is 0. The van der Waals surface area contributed by atoms with Gasteiger partial charge in [-0.3, -0.25) is 0 Å². The van der Waals surface area contributed by atoms with Gasteiger partial charge in [0.15, 0.2) is 0 Å². The van der Waals surface area contributed by atoms with Crippen LogP contribution in [0.15, 0.2) is 48.5 Å². The molecule has 0 fully saturated rings. The van der Waals surface area contributed by atoms with Crippen LogP contribution in [0.4, 0.5) is 5.69 Å². The zero-order valence-electron chi connectivity index (χ0n) is 10.6. The Morgan fingerprint density at radius 1 is 1.00 bits per heavy atom. The second-order valence-electron chi connectivity index (χ2n) is 5.33. The number of rotatable bonds is 2. The monoisotopic (exact) mass is 237 g/mol. The van der Waals surface area contributed by atoms with Crippen molar-refractivity contribution in [3.05, 3.63) is 65.2 Å². The van der Waals surface area contributed by atoms with E-state index in [9.17, 15) is 0 Å². The lowest BCUT2D eigenvalue weighted by atomic mass is 9.81. The minimum atomic E-state index is 0.765. The van der Waals surface area contributed by atoms with Crippen LogP contribution in [0.25, 0.3) is 0 Å². The number of aryl methyl sites for hydroxylation is 1. The molecule has 2 aromatic rings. The van der Waals surface area contributed by atoms with Crippen molar-refractivity contribution >= 4 is 5.69 Å². The van der Waals surface area contributed by atoms with E-state index in [1.54, 1.807) is 0 Å². The van der Waals surface area contributed by atoms with Crippen molar-refractivity contribution in [2.75, 3.05) is 5.73 Å². The fourth-order valence-corrected chi connectivity index (χ4v) is 2.97. The van der Waals surface area contributed by atoms with Crippen molar-refractivity contribution in [3.63, 3.8) is 0 Å². The van der Waals surface area contributed by atoms with Crippen LogP contribution in [0.5, 0.6) is 0 Å². The highest BCUT2D eigenvalue weighted by Gasteiger charge is 2.18. The molecule has 0 saturated carbocycles. The zero-order chi connectivity index (χ0) is 12.4. The number of nitrogens with two attached hydrogens (primary N) is 1. The number of fused-ring (bicyclic) bond motifs is 1. The Morgan fingerprint density at radius 3 is 2.67 bits per heavy atom. The standard InChI is InChI=1S/C17H19N/c18-17-9-8-15-7-6-14(11-16(15)12-17)10-13-4-2-1-3-5-13/h1-5,8-9,12,14H,6-7,10-11,18H2. The molecule has 0 heterocycles. The number of anilines is 1. The second kappa shape index (κ2) is 4.85. The van der Waals surface area contributed by atoms with Gasteiger partial charge in [-0.05, 0) is 60.4 Å². The largest absolute Gasteiger partial charge is 0.399 e. The Hall–Kier alpha value is -1.76. The lowest BCUT2D eigenvalue weighted by Gasteiger charge is -2.25. The molecule has 1 heteroatoms. The average Bonchev–Trinajstić information content (AvgIpc) is 2.39. The van der Waals surface area contributed by atoms with E-state index >= 15 is 0 Å². The van der Waals surface area contributed by atoms with E-state index < -0.39 is 0 Å². The Kier molecular flexibility index (Phi) is 3.06. The van der Waals surface area contributed by atoms with Crippen LogP contribution in [0.2, 0.25) is 0 Å². The van der Waals surface area contributed by atoms with Crippen LogP contribution in [0, 0.1) is 5.92 Å². The summed E-state index contributed by atoms with van der Waals surface area (Å²) in [6.45, 7) is 0. The molecular weight excluding hydrogens is 218 g/mol. The summed E-state index contributed by atoms with van der Waals surface area (Å²) in [4.78, 5) is 0. The lowest BCUT2D eigenvalue weighted by molar-refractivity contribution is 0.456. The number of hydrogen-bond donors (Lipinski definition) is 1. The molecule has 1 aliphatic carbocycles. The van der Waals surface area contributed by atoms with Crippen LogP contribution >= 0.6 is 0 Å². The molecule has 0 amide bonds. The third-order valence-electron chi connectivity index (χ3n) is 3.93. The first-order valence-corrected chi connectivity index (χ1v) is 6.72. The van der Waals surface area contributed by atoms with Gasteiger partial charge in [-0.25, -0.2) is 0 Å². The first-order valence-electron chi connectivity index (χ1n) is 6.72. The Morgan fingerprint density at radius 2 is 1.83 bits per heavy atom. The van der Waals surface area contributed by atoms with Crippen molar-refractivity contribution < 1.29 is 0 Å². The van der Waals surface area contributed by atoms with Gasteiger partial charge in [0.2, 0.25) is 0 Å². The summed E-state index contributed by atoms with van der Waals surface area (Å²) in [5, 5.41) is 0. The number of nitrogen functional groups attached to an aromatic ring is 1. The molecule has 1 nitrogen and oxygen atoms in total. The molecule has 0 aromatic heterocycles. The topological polar surface area (TPSA) is 26.0 Å². The van der Waals surface area contributed by atoms with Gasteiger partial charge in [0, 0.05) is 5.69 Å². The summed E-state index contributed by atoms with van der Waals surface area (Å²) in [7, 11) is 0. The predicted molar refractivity (Wildman–Crippen MR) is 76.5 cm³/mol. The molecule has 18 heavy (non-hydrogen) atoms. The van der Waals surface area contributed by atoms with Crippen LogP contribution < -0.4 is 5.73 Å². The van der Waals surface area contributed by atoms with E-state index in [0.717, 1.165) is 11.6 Å². The van der Waals surface area contributed by atoms with Gasteiger partial charge in [0.25, 0.3) is 0 Å². The average molecular weight is 237 g/mol. The molecule has 3 rings (SSSR count). The van der Waals surface area contributed by atoms with Crippen molar-refractivity contribution in [1.29, 1.82) is 0 Å². The number of hydrogen-bond acceptors (Lipinski definition) is 1. The van der Waals surface area contributed by atoms with E-state index in [1.165, 1.54) is 42.4 Å². The SMILES string of the molecule is Nc1ccc2c(c1)CC(Cc1ccccc1)CC2. The molecule has 0 spiro atoms. The molecule has 1 unspecified atom stereocenters. The van der Waals surface area contributed by atoms with Crippen molar-refractivity contribution in [3.8, 4) is 0 Å². The summed E-state index contributed by atoms with van der Waals surface area (Å²) in [6, 6.07) is 17.2. The van der Waals surface area contributed by atoms with Gasteiger partial charge in [-0.15, -0.1) is 0 Å². The van der Waals surface area contributed by atoms with E-state index in [-0.39, 0.29) is 0 Å². The predicted octanol–water partition coefficient (Wildman–Crippen LogP) is 3.62. The van der Waals surface area contributed by atoms with E-state index in [2.05, 4.69) is 42.5 Å². The number of benzene rings is 2. The second-order valence-corrected chi connectivity index (χ2v) is 5.33. The Balaban J connectivity index is 1.75. The van der Waals surface area contributed by atoms with Gasteiger partial charge >= 0.3 is 0 Å². The Bertz CT molecular complexity index is 531. The molecular formula is C17H19N. The van der Waals surface area contributed by atoms with E-state index in [4.69, 9.17) is 5.73 Å². The third kappa shape index (κ3) is 2.40. The fourth-order valence-electron chi connectivity index (χ4n) is 2.97. The van der Waals surface area contributed by atoms with Gasteiger partial charge < -0.3 is 5.73 Å². The van der Waals surface area contributed by atoms with Gasteiger partial charge in [0.1, 0.15) is 0 Å².